The van der Waals surface area contributed by atoms with Crippen molar-refractivity contribution in [3.8, 4) is 0 Å². The minimum Gasteiger partial charge on any atom is -0.369 e. The number of aldehydes is 1. The minimum atomic E-state index is -0.518. The molecule has 0 spiro atoms. The third kappa shape index (κ3) is 2.41. The van der Waals surface area contributed by atoms with Gasteiger partial charge in [0, 0.05) is 19.5 Å². The van der Waals surface area contributed by atoms with Crippen LogP contribution in [0.25, 0.3) is 4.85 Å². The van der Waals surface area contributed by atoms with Crippen LogP contribution < -0.4 is 0 Å². The summed E-state index contributed by atoms with van der Waals surface area (Å²) in [5.41, 5.74) is 0.961. The number of carbonyl (C=O) groups excluding carboxylic acids is 1. The first-order valence-corrected chi connectivity index (χ1v) is 7.04. The van der Waals surface area contributed by atoms with Crippen molar-refractivity contribution in [3.05, 3.63) is 21.9 Å². The second-order valence-electron chi connectivity index (χ2n) is 5.26. The van der Waals surface area contributed by atoms with Crippen LogP contribution in [0.1, 0.15) is 30.2 Å². The van der Waals surface area contributed by atoms with Crippen molar-refractivity contribution in [2.45, 2.75) is 31.6 Å². The Morgan fingerprint density at radius 2 is 2.26 bits per heavy atom. The molecule has 0 amide bonds. The van der Waals surface area contributed by atoms with Gasteiger partial charge in [-0.2, -0.15) is 0 Å². The van der Waals surface area contributed by atoms with Crippen LogP contribution in [0.4, 0.5) is 10.7 Å². The number of aliphatic imine (C=N–C) groups is 1. The lowest BCUT2D eigenvalue weighted by atomic mass is 9.75. The second-order valence-corrected chi connectivity index (χ2v) is 6.35. The molecule has 0 aliphatic heterocycles. The summed E-state index contributed by atoms with van der Waals surface area (Å²) in [4.78, 5) is 22.4. The number of hydrogen-bond donors (Lipinski definition) is 0. The van der Waals surface area contributed by atoms with E-state index in [1.54, 1.807) is 17.7 Å². The zero-order valence-electron chi connectivity index (χ0n) is 11.4. The maximum atomic E-state index is 11.4. The Balaban J connectivity index is 2.57. The maximum absolute atomic E-state index is 11.4. The van der Waals surface area contributed by atoms with E-state index in [-0.39, 0.29) is 0 Å². The molecule has 1 aliphatic carbocycles. The molecular formula is C14H17N3OS. The Morgan fingerprint density at radius 1 is 1.53 bits per heavy atom. The van der Waals surface area contributed by atoms with Gasteiger partial charge in [0.25, 0.3) is 0 Å². The average Bonchev–Trinajstić information content (AvgIpc) is 2.75. The molecule has 5 heteroatoms. The summed E-state index contributed by atoms with van der Waals surface area (Å²) in [6, 6.07) is 0. The lowest BCUT2D eigenvalue weighted by Gasteiger charge is -2.29. The summed E-state index contributed by atoms with van der Waals surface area (Å²) >= 11 is 1.55. The molecule has 0 unspecified atom stereocenters. The molecule has 19 heavy (non-hydrogen) atoms. The van der Waals surface area contributed by atoms with Gasteiger partial charge in [0.2, 0.25) is 5.69 Å². The number of aryl methyl sites for hydroxylation is 1. The van der Waals surface area contributed by atoms with Gasteiger partial charge >= 0.3 is 0 Å². The number of hydrogen-bond acceptors (Lipinski definition) is 3. The molecule has 0 fully saturated rings. The van der Waals surface area contributed by atoms with Crippen LogP contribution >= 0.6 is 11.3 Å². The number of carbonyl (C=O) groups is 1. The van der Waals surface area contributed by atoms with Crippen molar-refractivity contribution in [2.24, 2.45) is 4.99 Å². The summed E-state index contributed by atoms with van der Waals surface area (Å²) in [5, 5.41) is 0.726. The van der Waals surface area contributed by atoms with Gasteiger partial charge < -0.3 is 9.69 Å². The largest absolute Gasteiger partial charge is 0.369 e. The Morgan fingerprint density at radius 3 is 2.84 bits per heavy atom. The maximum Gasteiger partial charge on any atom is 0.227 e. The third-order valence-electron chi connectivity index (χ3n) is 3.39. The Bertz CT molecular complexity index is 568. The topological polar surface area (TPSA) is 37.0 Å². The highest BCUT2D eigenvalue weighted by Gasteiger charge is 2.37. The molecule has 100 valence electrons. The van der Waals surface area contributed by atoms with E-state index in [4.69, 9.17) is 6.57 Å². The molecule has 0 radical (unpaired) electrons. The van der Waals surface area contributed by atoms with Crippen molar-refractivity contribution in [3.63, 3.8) is 0 Å². The molecule has 0 saturated carbocycles. The van der Waals surface area contributed by atoms with Crippen LogP contribution in [0.15, 0.2) is 4.99 Å². The number of thiophene rings is 1. The lowest BCUT2D eigenvalue weighted by molar-refractivity contribution is -0.112. The molecule has 0 bridgehead atoms. The molecule has 1 aromatic heterocycles. The van der Waals surface area contributed by atoms with Crippen LogP contribution in [0.5, 0.6) is 0 Å². The van der Waals surface area contributed by atoms with E-state index in [1.807, 2.05) is 25.9 Å². The predicted molar refractivity (Wildman–Crippen MR) is 78.8 cm³/mol. The predicted octanol–water partition coefficient (Wildman–Crippen LogP) is 3.31. The summed E-state index contributed by atoms with van der Waals surface area (Å²) < 4.78 is 0. The summed E-state index contributed by atoms with van der Waals surface area (Å²) in [6.07, 6.45) is 5.45. The van der Waals surface area contributed by atoms with Gasteiger partial charge in [0.05, 0.1) is 12.9 Å². The number of rotatable bonds is 3. The molecule has 0 aromatic carbocycles. The molecule has 1 heterocycles. The highest BCUT2D eigenvalue weighted by atomic mass is 32.1. The molecule has 4 nitrogen and oxygen atoms in total. The molecule has 1 aliphatic rings. The molecular weight excluding hydrogens is 258 g/mol. The fourth-order valence-electron chi connectivity index (χ4n) is 2.44. The standard InChI is InChI=1S/C14H17N3OS/c1-14(8-18)7-5-6-10-11(14)12(15-2)13(19-10)16-9-17(3)4/h8-9H,5-7H2,1,3-4H3/b16-9+/t14-/m1/s1. The van der Waals surface area contributed by atoms with Crippen LogP contribution in [0.2, 0.25) is 0 Å². The van der Waals surface area contributed by atoms with Gasteiger partial charge in [0.1, 0.15) is 11.3 Å². The van der Waals surface area contributed by atoms with Crippen LogP contribution in [-0.2, 0) is 16.6 Å². The van der Waals surface area contributed by atoms with E-state index in [0.29, 0.717) is 5.69 Å². The molecule has 2 rings (SSSR count). The van der Waals surface area contributed by atoms with Gasteiger partial charge in [0.15, 0.2) is 0 Å². The first kappa shape index (κ1) is 13.8. The summed E-state index contributed by atoms with van der Waals surface area (Å²) in [5.74, 6) is 0. The van der Waals surface area contributed by atoms with E-state index in [1.165, 1.54) is 0 Å². The highest BCUT2D eigenvalue weighted by Crippen LogP contribution is 2.51. The fraction of sp³-hybridized carbons (Fsp3) is 0.500. The molecule has 1 atom stereocenters. The summed E-state index contributed by atoms with van der Waals surface area (Å²) in [7, 11) is 3.79. The monoisotopic (exact) mass is 275 g/mol. The van der Waals surface area contributed by atoms with Crippen LogP contribution in [-0.4, -0.2) is 31.6 Å². The van der Waals surface area contributed by atoms with Gasteiger partial charge in [-0.25, -0.2) is 9.84 Å². The van der Waals surface area contributed by atoms with Gasteiger partial charge in [-0.3, -0.25) is 0 Å². The Labute approximate surface area is 117 Å². The molecule has 1 aromatic rings. The fourth-order valence-corrected chi connectivity index (χ4v) is 3.69. The normalized spacial score (nSPS) is 22.0. The highest BCUT2D eigenvalue weighted by molar-refractivity contribution is 7.16. The van der Waals surface area contributed by atoms with E-state index in [9.17, 15) is 4.79 Å². The second kappa shape index (κ2) is 5.14. The van der Waals surface area contributed by atoms with E-state index in [2.05, 4.69) is 9.84 Å². The summed E-state index contributed by atoms with van der Waals surface area (Å²) in [6.45, 7) is 9.34. The zero-order valence-corrected chi connectivity index (χ0v) is 12.3. The molecule has 0 N–H and O–H groups in total. The van der Waals surface area contributed by atoms with Crippen molar-refractivity contribution in [1.29, 1.82) is 0 Å². The van der Waals surface area contributed by atoms with Crippen molar-refractivity contribution < 1.29 is 4.79 Å². The zero-order chi connectivity index (χ0) is 14.0. The lowest BCUT2D eigenvalue weighted by Crippen LogP contribution is -2.27. The first-order valence-electron chi connectivity index (χ1n) is 6.22. The SMILES string of the molecule is [C-]#[N+]c1c(/N=C/N(C)C)sc2c1[C@@](C)(C=O)CCC2. The Kier molecular flexibility index (Phi) is 3.72. The van der Waals surface area contributed by atoms with Gasteiger partial charge in [-0.05, 0) is 36.6 Å². The minimum absolute atomic E-state index is 0.518. The number of nitrogens with zero attached hydrogens (tertiary/aromatic N) is 3. The van der Waals surface area contributed by atoms with Crippen LogP contribution in [0.3, 0.4) is 0 Å². The van der Waals surface area contributed by atoms with Gasteiger partial charge in [-0.1, -0.05) is 0 Å². The van der Waals surface area contributed by atoms with E-state index < -0.39 is 5.41 Å². The molecule has 0 saturated heterocycles. The first-order chi connectivity index (χ1) is 9.01. The third-order valence-corrected chi connectivity index (χ3v) is 4.53. The average molecular weight is 275 g/mol. The van der Waals surface area contributed by atoms with E-state index in [0.717, 1.165) is 41.0 Å². The quantitative estimate of drug-likeness (QED) is 0.367. The van der Waals surface area contributed by atoms with Gasteiger partial charge in [-0.15, -0.1) is 11.3 Å². The van der Waals surface area contributed by atoms with E-state index >= 15 is 0 Å². The van der Waals surface area contributed by atoms with Crippen molar-refractivity contribution in [1.82, 2.24) is 4.90 Å². The number of fused-ring (bicyclic) bond motifs is 1. The van der Waals surface area contributed by atoms with Crippen molar-refractivity contribution >= 4 is 34.6 Å². The smallest absolute Gasteiger partial charge is 0.227 e. The Hall–Kier alpha value is -1.67. The van der Waals surface area contributed by atoms with Crippen LogP contribution in [0, 0.1) is 6.57 Å². The van der Waals surface area contributed by atoms with Crippen molar-refractivity contribution in [2.75, 3.05) is 14.1 Å².